The van der Waals surface area contributed by atoms with E-state index in [2.05, 4.69) is 168 Å². The van der Waals surface area contributed by atoms with E-state index in [1.165, 1.54) is 33.6 Å². The maximum atomic E-state index is 6.00. The molecule has 9 nitrogen and oxygen atoms in total. The number of benzene rings is 2. The van der Waals surface area contributed by atoms with Crippen molar-refractivity contribution in [2.75, 3.05) is 19.6 Å². The largest absolute Gasteiger partial charge is 2.00 e. The predicted molar refractivity (Wildman–Crippen MR) is 177 cm³/mol. The fourth-order valence-corrected chi connectivity index (χ4v) is 5.56. The van der Waals surface area contributed by atoms with Crippen molar-refractivity contribution >= 4 is 23.0 Å². The van der Waals surface area contributed by atoms with Gasteiger partial charge in [0.1, 0.15) is 11.6 Å². The summed E-state index contributed by atoms with van der Waals surface area (Å²) in [4.78, 5) is 13.8. The Kier molecular flexibility index (Phi) is 13.6. The van der Waals surface area contributed by atoms with Crippen LogP contribution in [-0.4, -0.2) is 4.98 Å². The van der Waals surface area contributed by atoms with Crippen LogP contribution in [0.5, 0.6) is 0 Å². The number of aromatic nitrogens is 1. The summed E-state index contributed by atoms with van der Waals surface area (Å²) in [7, 11) is 0. The third-order valence-electron chi connectivity index (χ3n) is 7.72. The third-order valence-corrected chi connectivity index (χ3v) is 7.72. The van der Waals surface area contributed by atoms with Crippen LogP contribution in [0.1, 0.15) is 101 Å². The molecule has 2 aliphatic rings. The Hall–Kier alpha value is -4.37. The minimum Gasteiger partial charge on any atom is -0.479 e. The minimum atomic E-state index is 0. The summed E-state index contributed by atoms with van der Waals surface area (Å²) in [5.74, 6) is 3.50. The van der Waals surface area contributed by atoms with Gasteiger partial charge in [-0.2, -0.15) is 0 Å². The van der Waals surface area contributed by atoms with E-state index < -0.39 is 0 Å². The molecule has 2 aliphatic heterocycles. The van der Waals surface area contributed by atoms with Gasteiger partial charge in [-0.05, 0) is 82.9 Å². The van der Waals surface area contributed by atoms with Crippen molar-refractivity contribution in [1.29, 1.82) is 21.6 Å². The Balaban J connectivity index is 0.00000136. The van der Waals surface area contributed by atoms with Crippen molar-refractivity contribution in [2.24, 2.45) is 0 Å². The van der Waals surface area contributed by atoms with Crippen LogP contribution in [0.2, 0.25) is 0 Å². The number of hydrogen-bond acceptors (Lipinski definition) is 9. The Morgan fingerprint density at radius 1 is 0.467 bits per heavy atom. The third kappa shape index (κ3) is 8.02. The second-order valence-corrected chi connectivity index (χ2v) is 12.0. The molecule has 0 fully saturated rings. The van der Waals surface area contributed by atoms with Crippen molar-refractivity contribution < 1.29 is 17.1 Å². The molecule has 0 bridgehead atoms. The van der Waals surface area contributed by atoms with Gasteiger partial charge >= 0.3 is 17.1 Å². The number of para-hydroxylation sites is 2. The summed E-state index contributed by atoms with van der Waals surface area (Å²) >= 11 is 0. The van der Waals surface area contributed by atoms with Crippen LogP contribution in [0.15, 0.2) is 79.4 Å². The summed E-state index contributed by atoms with van der Waals surface area (Å²) < 4.78 is 0. The van der Waals surface area contributed by atoms with Crippen LogP contribution in [0.3, 0.4) is 0 Å². The molecule has 0 radical (unpaired) electrons. The molecule has 0 unspecified atom stereocenters. The molecule has 1 aromatic heterocycles. The van der Waals surface area contributed by atoms with Gasteiger partial charge in [0.2, 0.25) is 0 Å². The molecule has 45 heavy (non-hydrogen) atoms. The van der Waals surface area contributed by atoms with E-state index >= 15 is 0 Å². The van der Waals surface area contributed by atoms with Crippen LogP contribution < -0.4 is 19.6 Å². The zero-order chi connectivity index (χ0) is 32.6. The van der Waals surface area contributed by atoms with Crippen molar-refractivity contribution in [1.82, 2.24) is 4.98 Å². The summed E-state index contributed by atoms with van der Waals surface area (Å²) in [6, 6.07) is 19.6. The number of rotatable bonds is 8. The molecule has 3 aromatic rings. The smallest absolute Gasteiger partial charge is 0.479 e. The zero-order valence-corrected chi connectivity index (χ0v) is 28.5. The molecule has 0 amide bonds. The van der Waals surface area contributed by atoms with Gasteiger partial charge in [0.25, 0.3) is 0 Å². The number of hydrogen-bond donors (Lipinski definition) is 0. The van der Waals surface area contributed by atoms with Crippen LogP contribution in [0.4, 0.5) is 23.0 Å². The number of nitrogens with zero attached hydrogens (tertiary/aromatic N) is 9. The summed E-state index contributed by atoms with van der Waals surface area (Å²) in [5, 5.41) is 24.0. The summed E-state index contributed by atoms with van der Waals surface area (Å²) in [5.41, 5.74) is 7.98. The normalized spacial score (nSPS) is 13.7. The Morgan fingerprint density at radius 2 is 0.733 bits per heavy atom. The second-order valence-electron chi connectivity index (χ2n) is 12.0. The predicted octanol–water partition coefficient (Wildman–Crippen LogP) is 9.47. The fraction of sp³-hybridized carbons (Fsp3) is 0.343. The van der Waals surface area contributed by atoms with Gasteiger partial charge in [-0.3, -0.25) is 0 Å². The Morgan fingerprint density at radius 3 is 1.02 bits per heavy atom. The molecule has 3 heterocycles. The molecule has 10 heteroatoms. The maximum Gasteiger partial charge on any atom is 2.00 e. The molecule has 0 N–H and O–H groups in total. The standard InChI is InChI=1S/C35H43N5.Fe.2N2/c1-24(2)28-12-9-13-29(25(3)4)34(28)39-20-18-37(22-39)32-16-11-17-33(36-32)38-19-21-40(23-38)35-30(26(5)6)14-10-15-31(35)27(7)8;;2*1-2/h9-27H,1-8H3;;;/q-2;+2;;. The van der Waals surface area contributed by atoms with Gasteiger partial charge in [-0.1, -0.05) is 97.9 Å². The monoisotopic (exact) mass is 645 g/mol. The molecule has 236 valence electrons. The van der Waals surface area contributed by atoms with Gasteiger partial charge in [-0.15, -0.1) is 13.3 Å². The summed E-state index contributed by atoms with van der Waals surface area (Å²) in [6.07, 6.45) is 8.47. The van der Waals surface area contributed by atoms with Crippen molar-refractivity contribution in [3.63, 3.8) is 0 Å². The van der Waals surface area contributed by atoms with E-state index in [0.29, 0.717) is 23.7 Å². The van der Waals surface area contributed by atoms with Gasteiger partial charge in [0.15, 0.2) is 0 Å². The molecule has 0 spiro atoms. The van der Waals surface area contributed by atoms with E-state index in [1.54, 1.807) is 0 Å². The van der Waals surface area contributed by atoms with E-state index in [-0.39, 0.29) is 17.1 Å². The van der Waals surface area contributed by atoms with Crippen LogP contribution in [0, 0.1) is 34.9 Å². The van der Waals surface area contributed by atoms with Crippen LogP contribution >= 0.6 is 0 Å². The zero-order valence-electron chi connectivity index (χ0n) is 27.3. The summed E-state index contributed by atoms with van der Waals surface area (Å²) in [6.45, 7) is 22.4. The van der Waals surface area contributed by atoms with Gasteiger partial charge in [0, 0.05) is 32.9 Å². The van der Waals surface area contributed by atoms with Gasteiger partial charge in [0.05, 0.1) is 0 Å². The quantitative estimate of drug-likeness (QED) is 0.134. The van der Waals surface area contributed by atoms with E-state index in [1.807, 2.05) is 0 Å². The first-order valence-electron chi connectivity index (χ1n) is 15.0. The molecule has 2 aromatic carbocycles. The number of anilines is 4. The van der Waals surface area contributed by atoms with E-state index in [0.717, 1.165) is 11.6 Å². The van der Waals surface area contributed by atoms with E-state index in [4.69, 9.17) is 26.6 Å². The molecular formula is C35H43FeN9. The van der Waals surface area contributed by atoms with Crippen LogP contribution in [-0.2, 0) is 17.1 Å². The fourth-order valence-electron chi connectivity index (χ4n) is 5.56. The SMILES string of the molecule is CC(C)c1cccc(C(C)C)c1N1C=CN(c2cccc(N3C=CN(c4c(C(C)C)cccc4C(C)C)[CH-]3)n2)[CH-]1.N#N.N#N.[Fe+2]. The molecule has 0 saturated heterocycles. The molecule has 5 rings (SSSR count). The molecule has 0 aliphatic carbocycles. The maximum absolute atomic E-state index is 6.00. The average molecular weight is 646 g/mol. The van der Waals surface area contributed by atoms with Crippen molar-refractivity contribution in [3.05, 3.63) is 115 Å². The average Bonchev–Trinajstić information content (AvgIpc) is 3.73. The topological polar surface area (TPSA) is 121 Å². The van der Waals surface area contributed by atoms with Gasteiger partial charge in [-0.25, -0.2) is 4.98 Å². The minimum absolute atomic E-state index is 0. The van der Waals surface area contributed by atoms with Gasteiger partial charge < -0.3 is 19.6 Å². The Labute approximate surface area is 279 Å². The first-order valence-corrected chi connectivity index (χ1v) is 15.0. The molecular weight excluding hydrogens is 602 g/mol. The second kappa shape index (κ2) is 16.6. The van der Waals surface area contributed by atoms with Crippen LogP contribution in [0.25, 0.3) is 0 Å². The molecule has 0 atom stereocenters. The number of pyridine rings is 1. The Bertz CT molecular complexity index is 1350. The van der Waals surface area contributed by atoms with Crippen molar-refractivity contribution in [3.8, 4) is 0 Å². The molecule has 0 saturated carbocycles. The first-order chi connectivity index (χ1) is 21.2. The van der Waals surface area contributed by atoms with E-state index in [9.17, 15) is 0 Å². The van der Waals surface area contributed by atoms with Crippen molar-refractivity contribution in [2.45, 2.75) is 79.1 Å². The first kappa shape index (κ1) is 36.8.